The number of hydrogen-bond donors (Lipinski definition) is 1. The monoisotopic (exact) mass is 240 g/mol. The van der Waals surface area contributed by atoms with Crippen molar-refractivity contribution in [1.29, 1.82) is 0 Å². The zero-order valence-corrected chi connectivity index (χ0v) is 10.2. The molecule has 0 unspecified atom stereocenters. The van der Waals surface area contributed by atoms with Crippen LogP contribution in [0.2, 0.25) is 0 Å². The molecule has 3 rings (SSSR count). The summed E-state index contributed by atoms with van der Waals surface area (Å²) >= 11 is 0. The second-order valence-corrected chi connectivity index (χ2v) is 4.75. The Hall–Kier alpha value is -2.03. The molecule has 1 heterocycles. The number of nitrogens with zero attached hydrogens (tertiary/aromatic N) is 1. The Labute approximate surface area is 106 Å². The minimum Gasteiger partial charge on any atom is -0.398 e. The molecule has 1 aliphatic rings. The number of fused-ring (bicyclic) bond motifs is 1. The van der Waals surface area contributed by atoms with Crippen LogP contribution in [0, 0.1) is 0 Å². The normalized spacial score (nSPS) is 15.2. The van der Waals surface area contributed by atoms with Crippen LogP contribution >= 0.6 is 0 Å². The first-order chi connectivity index (χ1) is 8.77. The molecule has 0 aromatic heterocycles. The number of carbonyl (C=O) groups is 1. The van der Waals surface area contributed by atoms with E-state index in [1.807, 2.05) is 41.3 Å². The summed E-state index contributed by atoms with van der Waals surface area (Å²) in [5.41, 5.74) is 7.44. The Balaban J connectivity index is 2.11. The molecule has 0 aliphatic carbocycles. The molecule has 1 fully saturated rings. The van der Waals surface area contributed by atoms with Gasteiger partial charge in [0.05, 0.1) is 0 Å². The van der Waals surface area contributed by atoms with Crippen LogP contribution in [0.25, 0.3) is 10.8 Å². The smallest absolute Gasteiger partial charge is 0.254 e. The topological polar surface area (TPSA) is 46.3 Å². The summed E-state index contributed by atoms with van der Waals surface area (Å²) in [5.74, 6) is 0.128. The highest BCUT2D eigenvalue weighted by Gasteiger charge is 2.21. The van der Waals surface area contributed by atoms with E-state index in [1.54, 1.807) is 0 Å². The molecule has 1 saturated heterocycles. The Morgan fingerprint density at radius 1 is 1.00 bits per heavy atom. The standard InChI is InChI=1S/C15H16N2O/c16-14-8-7-13(11-5-1-2-6-12(11)14)15(18)17-9-3-4-10-17/h1-2,5-8H,3-4,9-10,16H2. The van der Waals surface area contributed by atoms with Crippen molar-refractivity contribution >= 4 is 22.4 Å². The number of nitrogens with two attached hydrogens (primary N) is 1. The summed E-state index contributed by atoms with van der Waals surface area (Å²) in [6, 6.07) is 11.5. The van der Waals surface area contributed by atoms with Gasteiger partial charge in [0.15, 0.2) is 0 Å². The van der Waals surface area contributed by atoms with Crippen LogP contribution in [0.4, 0.5) is 5.69 Å². The Bertz CT molecular complexity index is 600. The van der Waals surface area contributed by atoms with Gasteiger partial charge in [-0.2, -0.15) is 0 Å². The molecule has 3 heteroatoms. The lowest BCUT2D eigenvalue weighted by Gasteiger charge is -2.17. The second kappa shape index (κ2) is 4.33. The van der Waals surface area contributed by atoms with Gasteiger partial charge in [-0.25, -0.2) is 0 Å². The molecule has 18 heavy (non-hydrogen) atoms. The summed E-state index contributed by atoms with van der Waals surface area (Å²) < 4.78 is 0. The van der Waals surface area contributed by atoms with E-state index in [4.69, 9.17) is 5.73 Å². The Morgan fingerprint density at radius 2 is 1.67 bits per heavy atom. The van der Waals surface area contributed by atoms with Gasteiger partial charge in [-0.1, -0.05) is 24.3 Å². The lowest BCUT2D eigenvalue weighted by molar-refractivity contribution is 0.0795. The van der Waals surface area contributed by atoms with Crippen LogP contribution in [0.1, 0.15) is 23.2 Å². The molecule has 1 amide bonds. The van der Waals surface area contributed by atoms with Crippen LogP contribution < -0.4 is 5.73 Å². The first-order valence-corrected chi connectivity index (χ1v) is 6.34. The van der Waals surface area contributed by atoms with Gasteiger partial charge in [-0.15, -0.1) is 0 Å². The molecule has 3 nitrogen and oxygen atoms in total. The lowest BCUT2D eigenvalue weighted by Crippen LogP contribution is -2.27. The molecular weight excluding hydrogens is 224 g/mol. The van der Waals surface area contributed by atoms with Crippen LogP contribution in [0.15, 0.2) is 36.4 Å². The van der Waals surface area contributed by atoms with Crippen LogP contribution in [-0.4, -0.2) is 23.9 Å². The fraction of sp³-hybridized carbons (Fsp3) is 0.267. The first-order valence-electron chi connectivity index (χ1n) is 6.34. The van der Waals surface area contributed by atoms with Crippen molar-refractivity contribution in [2.24, 2.45) is 0 Å². The molecule has 92 valence electrons. The van der Waals surface area contributed by atoms with Gasteiger partial charge in [-0.3, -0.25) is 4.79 Å². The average molecular weight is 240 g/mol. The maximum Gasteiger partial charge on any atom is 0.254 e. The van der Waals surface area contributed by atoms with Crippen molar-refractivity contribution in [2.75, 3.05) is 18.8 Å². The van der Waals surface area contributed by atoms with E-state index in [0.29, 0.717) is 0 Å². The molecule has 0 spiro atoms. The van der Waals surface area contributed by atoms with Crippen molar-refractivity contribution in [3.8, 4) is 0 Å². The van der Waals surface area contributed by atoms with E-state index < -0.39 is 0 Å². The van der Waals surface area contributed by atoms with Crippen molar-refractivity contribution in [2.45, 2.75) is 12.8 Å². The number of rotatable bonds is 1. The number of amides is 1. The minimum absolute atomic E-state index is 0.128. The maximum atomic E-state index is 12.5. The van der Waals surface area contributed by atoms with E-state index in [9.17, 15) is 4.79 Å². The van der Waals surface area contributed by atoms with Gasteiger partial charge >= 0.3 is 0 Å². The van der Waals surface area contributed by atoms with Crippen molar-refractivity contribution in [1.82, 2.24) is 4.90 Å². The summed E-state index contributed by atoms with van der Waals surface area (Å²) in [7, 11) is 0. The van der Waals surface area contributed by atoms with Gasteiger partial charge < -0.3 is 10.6 Å². The third kappa shape index (κ3) is 1.72. The quantitative estimate of drug-likeness (QED) is 0.779. The van der Waals surface area contributed by atoms with E-state index >= 15 is 0 Å². The number of likely N-dealkylation sites (tertiary alicyclic amines) is 1. The largest absolute Gasteiger partial charge is 0.398 e. The number of hydrogen-bond acceptors (Lipinski definition) is 2. The summed E-state index contributed by atoms with van der Waals surface area (Å²) in [6.45, 7) is 1.75. The van der Waals surface area contributed by atoms with Crippen molar-refractivity contribution in [3.05, 3.63) is 42.0 Å². The second-order valence-electron chi connectivity index (χ2n) is 4.75. The summed E-state index contributed by atoms with van der Waals surface area (Å²) in [5, 5.41) is 1.91. The predicted molar refractivity (Wildman–Crippen MR) is 73.5 cm³/mol. The van der Waals surface area contributed by atoms with Gasteiger partial charge in [0.1, 0.15) is 0 Å². The van der Waals surface area contributed by atoms with Gasteiger partial charge in [0, 0.05) is 29.7 Å². The molecule has 0 atom stereocenters. The number of anilines is 1. The van der Waals surface area contributed by atoms with Crippen LogP contribution in [0.3, 0.4) is 0 Å². The maximum absolute atomic E-state index is 12.5. The minimum atomic E-state index is 0.128. The Morgan fingerprint density at radius 3 is 2.39 bits per heavy atom. The van der Waals surface area contributed by atoms with Gasteiger partial charge in [-0.05, 0) is 30.4 Å². The zero-order chi connectivity index (χ0) is 12.5. The van der Waals surface area contributed by atoms with E-state index in [-0.39, 0.29) is 5.91 Å². The molecule has 2 aromatic carbocycles. The number of benzene rings is 2. The molecule has 0 radical (unpaired) electrons. The number of carbonyl (C=O) groups excluding carboxylic acids is 1. The molecule has 2 aromatic rings. The highest BCUT2D eigenvalue weighted by atomic mass is 16.2. The van der Waals surface area contributed by atoms with Crippen molar-refractivity contribution in [3.63, 3.8) is 0 Å². The lowest BCUT2D eigenvalue weighted by atomic mass is 10.0. The summed E-state index contributed by atoms with van der Waals surface area (Å²) in [6.07, 6.45) is 2.22. The highest BCUT2D eigenvalue weighted by Crippen LogP contribution is 2.26. The van der Waals surface area contributed by atoms with Gasteiger partial charge in [0.25, 0.3) is 5.91 Å². The van der Waals surface area contributed by atoms with E-state index in [0.717, 1.165) is 48.0 Å². The zero-order valence-electron chi connectivity index (χ0n) is 10.2. The SMILES string of the molecule is Nc1ccc(C(=O)N2CCCC2)c2ccccc12. The van der Waals surface area contributed by atoms with E-state index in [2.05, 4.69) is 0 Å². The van der Waals surface area contributed by atoms with Gasteiger partial charge in [0.2, 0.25) is 0 Å². The average Bonchev–Trinajstić information content (AvgIpc) is 2.93. The van der Waals surface area contributed by atoms with Crippen molar-refractivity contribution < 1.29 is 4.79 Å². The third-order valence-electron chi connectivity index (χ3n) is 3.58. The fourth-order valence-corrected chi connectivity index (χ4v) is 2.60. The van der Waals surface area contributed by atoms with E-state index in [1.165, 1.54) is 0 Å². The highest BCUT2D eigenvalue weighted by molar-refractivity contribution is 6.10. The predicted octanol–water partition coefficient (Wildman–Crippen LogP) is 2.66. The van der Waals surface area contributed by atoms with Crippen LogP contribution in [-0.2, 0) is 0 Å². The molecule has 2 N–H and O–H groups in total. The van der Waals surface area contributed by atoms with Crippen LogP contribution in [0.5, 0.6) is 0 Å². The third-order valence-corrected chi connectivity index (χ3v) is 3.58. The number of nitrogen functional groups attached to an aromatic ring is 1. The first kappa shape index (κ1) is 11.1. The Kier molecular flexibility index (Phi) is 2.67. The molecule has 0 saturated carbocycles. The molecular formula is C15H16N2O. The molecule has 0 bridgehead atoms. The molecule has 1 aliphatic heterocycles. The summed E-state index contributed by atoms with van der Waals surface area (Å²) in [4.78, 5) is 14.4. The fourth-order valence-electron chi connectivity index (χ4n) is 2.60.